The van der Waals surface area contributed by atoms with E-state index < -0.39 is 0 Å². The second-order valence-electron chi connectivity index (χ2n) is 4.29. The molecular formula is C16H17N3O2. The molecule has 0 aliphatic rings. The van der Waals surface area contributed by atoms with E-state index in [0.29, 0.717) is 23.7 Å². The van der Waals surface area contributed by atoms with Gasteiger partial charge in [-0.3, -0.25) is 9.78 Å². The summed E-state index contributed by atoms with van der Waals surface area (Å²) < 4.78 is 5.12. The van der Waals surface area contributed by atoms with Crippen molar-refractivity contribution in [1.82, 2.24) is 4.98 Å². The van der Waals surface area contributed by atoms with Crippen LogP contribution >= 0.6 is 0 Å². The van der Waals surface area contributed by atoms with Gasteiger partial charge in [-0.15, -0.1) is 6.58 Å². The second-order valence-corrected chi connectivity index (χ2v) is 4.29. The van der Waals surface area contributed by atoms with Crippen molar-refractivity contribution in [1.29, 1.82) is 0 Å². The number of carbonyl (C=O) groups excluding carboxylic acids is 1. The molecule has 0 aliphatic heterocycles. The van der Waals surface area contributed by atoms with E-state index >= 15 is 0 Å². The van der Waals surface area contributed by atoms with Crippen LogP contribution < -0.4 is 15.4 Å². The molecule has 1 aromatic carbocycles. The van der Waals surface area contributed by atoms with E-state index in [1.54, 1.807) is 43.6 Å². The van der Waals surface area contributed by atoms with Gasteiger partial charge in [-0.2, -0.15) is 0 Å². The Morgan fingerprint density at radius 3 is 2.95 bits per heavy atom. The Kier molecular flexibility index (Phi) is 4.93. The molecule has 1 heterocycles. The van der Waals surface area contributed by atoms with Crippen molar-refractivity contribution < 1.29 is 9.53 Å². The summed E-state index contributed by atoms with van der Waals surface area (Å²) in [5, 5.41) is 5.90. The van der Waals surface area contributed by atoms with Crippen LogP contribution in [0, 0.1) is 0 Å². The monoisotopic (exact) mass is 283 g/mol. The summed E-state index contributed by atoms with van der Waals surface area (Å²) in [6, 6.07) is 10.7. The normalized spacial score (nSPS) is 9.76. The van der Waals surface area contributed by atoms with E-state index in [1.807, 2.05) is 12.1 Å². The molecule has 1 aromatic heterocycles. The maximum Gasteiger partial charge on any atom is 0.274 e. The standard InChI is InChI=1S/C16H17N3O2/c1-3-8-17-12-7-9-18-15(11-12)16(20)19-13-5-4-6-14(10-13)21-2/h3-7,9-11H,1,8H2,2H3,(H,17,18)(H,19,20). The highest BCUT2D eigenvalue weighted by molar-refractivity contribution is 6.03. The summed E-state index contributed by atoms with van der Waals surface area (Å²) in [5.41, 5.74) is 1.82. The number of ether oxygens (including phenoxy) is 1. The highest BCUT2D eigenvalue weighted by atomic mass is 16.5. The number of anilines is 2. The van der Waals surface area contributed by atoms with Gasteiger partial charge in [0.25, 0.3) is 5.91 Å². The third-order valence-electron chi connectivity index (χ3n) is 2.77. The zero-order chi connectivity index (χ0) is 15.1. The van der Waals surface area contributed by atoms with Crippen LogP contribution in [0.4, 0.5) is 11.4 Å². The largest absolute Gasteiger partial charge is 0.497 e. The summed E-state index contributed by atoms with van der Waals surface area (Å²) in [7, 11) is 1.58. The van der Waals surface area contributed by atoms with E-state index in [2.05, 4.69) is 22.2 Å². The number of carbonyl (C=O) groups is 1. The van der Waals surface area contributed by atoms with Crippen LogP contribution in [-0.2, 0) is 0 Å². The lowest BCUT2D eigenvalue weighted by molar-refractivity contribution is 0.102. The van der Waals surface area contributed by atoms with Gasteiger partial charge in [0.1, 0.15) is 11.4 Å². The average Bonchev–Trinajstić information content (AvgIpc) is 2.53. The molecular weight excluding hydrogens is 266 g/mol. The van der Waals surface area contributed by atoms with Crippen LogP contribution in [0.25, 0.3) is 0 Å². The van der Waals surface area contributed by atoms with Gasteiger partial charge in [0.05, 0.1) is 7.11 Å². The van der Waals surface area contributed by atoms with Gasteiger partial charge in [0, 0.05) is 30.2 Å². The molecule has 2 aromatic rings. The third kappa shape index (κ3) is 4.07. The molecule has 0 atom stereocenters. The van der Waals surface area contributed by atoms with Gasteiger partial charge in [0.15, 0.2) is 0 Å². The average molecular weight is 283 g/mol. The molecule has 2 rings (SSSR count). The van der Waals surface area contributed by atoms with Crippen molar-refractivity contribution >= 4 is 17.3 Å². The van der Waals surface area contributed by atoms with Crippen LogP contribution in [0.2, 0.25) is 0 Å². The van der Waals surface area contributed by atoms with Crippen LogP contribution in [-0.4, -0.2) is 24.5 Å². The zero-order valence-electron chi connectivity index (χ0n) is 11.8. The Morgan fingerprint density at radius 1 is 1.33 bits per heavy atom. The Bertz CT molecular complexity index is 641. The van der Waals surface area contributed by atoms with Crippen LogP contribution in [0.5, 0.6) is 5.75 Å². The van der Waals surface area contributed by atoms with Crippen molar-refractivity contribution in [2.75, 3.05) is 24.3 Å². The van der Waals surface area contributed by atoms with Crippen molar-refractivity contribution in [2.45, 2.75) is 0 Å². The minimum Gasteiger partial charge on any atom is -0.497 e. The lowest BCUT2D eigenvalue weighted by atomic mass is 10.2. The Labute approximate surface area is 123 Å². The Balaban J connectivity index is 2.10. The van der Waals surface area contributed by atoms with Gasteiger partial charge in [-0.1, -0.05) is 12.1 Å². The van der Waals surface area contributed by atoms with Crippen molar-refractivity contribution in [3.63, 3.8) is 0 Å². The first-order valence-electron chi connectivity index (χ1n) is 6.49. The Morgan fingerprint density at radius 2 is 2.19 bits per heavy atom. The predicted octanol–water partition coefficient (Wildman–Crippen LogP) is 2.94. The zero-order valence-corrected chi connectivity index (χ0v) is 11.8. The van der Waals surface area contributed by atoms with E-state index in [1.165, 1.54) is 0 Å². The van der Waals surface area contributed by atoms with E-state index in [-0.39, 0.29) is 5.91 Å². The molecule has 0 radical (unpaired) electrons. The number of aromatic nitrogens is 1. The van der Waals surface area contributed by atoms with Crippen LogP contribution in [0.3, 0.4) is 0 Å². The summed E-state index contributed by atoms with van der Waals surface area (Å²) in [5.74, 6) is 0.410. The number of amides is 1. The van der Waals surface area contributed by atoms with E-state index in [9.17, 15) is 4.79 Å². The topological polar surface area (TPSA) is 63.2 Å². The van der Waals surface area contributed by atoms with Crippen molar-refractivity contribution in [3.8, 4) is 5.75 Å². The molecule has 5 nitrogen and oxygen atoms in total. The second kappa shape index (κ2) is 7.09. The molecule has 1 amide bonds. The highest BCUT2D eigenvalue weighted by Gasteiger charge is 2.08. The first-order valence-corrected chi connectivity index (χ1v) is 6.49. The molecule has 0 spiro atoms. The Hall–Kier alpha value is -2.82. The number of benzene rings is 1. The van der Waals surface area contributed by atoms with Crippen molar-refractivity contribution in [2.24, 2.45) is 0 Å². The number of nitrogens with one attached hydrogen (secondary N) is 2. The minimum atomic E-state index is -0.273. The van der Waals surface area contributed by atoms with E-state index in [4.69, 9.17) is 4.74 Å². The number of pyridine rings is 1. The predicted molar refractivity (Wildman–Crippen MR) is 83.9 cm³/mol. The lowest BCUT2D eigenvalue weighted by Crippen LogP contribution is -2.14. The van der Waals surface area contributed by atoms with Gasteiger partial charge in [0.2, 0.25) is 0 Å². The molecule has 2 N–H and O–H groups in total. The summed E-state index contributed by atoms with van der Waals surface area (Å²) in [4.78, 5) is 16.3. The fraction of sp³-hybridized carbons (Fsp3) is 0.125. The van der Waals surface area contributed by atoms with Gasteiger partial charge < -0.3 is 15.4 Å². The molecule has 0 fully saturated rings. The summed E-state index contributed by atoms with van der Waals surface area (Å²) in [6.07, 6.45) is 3.34. The van der Waals surface area contributed by atoms with Crippen molar-refractivity contribution in [3.05, 3.63) is 60.9 Å². The number of methoxy groups -OCH3 is 1. The number of nitrogens with zero attached hydrogens (tertiary/aromatic N) is 1. The fourth-order valence-corrected chi connectivity index (χ4v) is 1.75. The lowest BCUT2D eigenvalue weighted by Gasteiger charge is -2.08. The quantitative estimate of drug-likeness (QED) is 0.800. The fourth-order valence-electron chi connectivity index (χ4n) is 1.75. The van der Waals surface area contributed by atoms with Crippen LogP contribution in [0.15, 0.2) is 55.3 Å². The van der Waals surface area contributed by atoms with Crippen LogP contribution in [0.1, 0.15) is 10.5 Å². The molecule has 108 valence electrons. The summed E-state index contributed by atoms with van der Waals surface area (Å²) in [6.45, 7) is 4.26. The van der Waals surface area contributed by atoms with E-state index in [0.717, 1.165) is 5.69 Å². The molecule has 5 heteroatoms. The maximum atomic E-state index is 12.2. The molecule has 21 heavy (non-hydrogen) atoms. The molecule has 0 unspecified atom stereocenters. The van der Waals surface area contributed by atoms with Gasteiger partial charge in [-0.25, -0.2) is 0 Å². The minimum absolute atomic E-state index is 0.273. The molecule has 0 aliphatic carbocycles. The highest BCUT2D eigenvalue weighted by Crippen LogP contribution is 2.17. The SMILES string of the molecule is C=CCNc1ccnc(C(=O)Nc2cccc(OC)c2)c1. The third-order valence-corrected chi connectivity index (χ3v) is 2.77. The first-order chi connectivity index (χ1) is 10.2. The molecule has 0 bridgehead atoms. The molecule has 0 saturated heterocycles. The number of rotatable bonds is 6. The summed E-state index contributed by atoms with van der Waals surface area (Å²) >= 11 is 0. The maximum absolute atomic E-state index is 12.2. The smallest absolute Gasteiger partial charge is 0.274 e. The molecule has 0 saturated carbocycles. The van der Waals surface area contributed by atoms with Gasteiger partial charge >= 0.3 is 0 Å². The number of hydrogen-bond acceptors (Lipinski definition) is 4. The van der Waals surface area contributed by atoms with Gasteiger partial charge in [-0.05, 0) is 24.3 Å². The first kappa shape index (κ1) is 14.6. The number of hydrogen-bond donors (Lipinski definition) is 2.